The minimum Gasteiger partial charge on any atom is -0.349 e. The van der Waals surface area contributed by atoms with Crippen LogP contribution in [0.2, 0.25) is 0 Å². The average Bonchev–Trinajstić information content (AvgIpc) is 2.45. The molecule has 68 valence electrons. The van der Waals surface area contributed by atoms with E-state index in [9.17, 15) is 0 Å². The van der Waals surface area contributed by atoms with Gasteiger partial charge >= 0.3 is 0 Å². The molecule has 0 amide bonds. The Morgan fingerprint density at radius 1 is 1.58 bits per heavy atom. The zero-order valence-electron chi connectivity index (χ0n) is 7.85. The van der Waals surface area contributed by atoms with Gasteiger partial charge < -0.3 is 10.3 Å². The quantitative estimate of drug-likeness (QED) is 0.648. The van der Waals surface area contributed by atoms with Crippen LogP contribution < -0.4 is 5.32 Å². The molecule has 0 saturated carbocycles. The van der Waals surface area contributed by atoms with Crippen molar-refractivity contribution in [2.24, 2.45) is 0 Å². The molecule has 0 aliphatic carbocycles. The molecule has 3 nitrogen and oxygen atoms in total. The fourth-order valence-corrected chi connectivity index (χ4v) is 1.17. The molecule has 0 bridgehead atoms. The molecule has 0 aliphatic rings. The molecular weight excluding hydrogens is 150 g/mol. The van der Waals surface area contributed by atoms with Crippen molar-refractivity contribution in [1.82, 2.24) is 15.3 Å². The van der Waals surface area contributed by atoms with E-state index in [1.807, 2.05) is 13.1 Å². The van der Waals surface area contributed by atoms with Crippen LogP contribution in [0.15, 0.2) is 6.20 Å². The van der Waals surface area contributed by atoms with E-state index in [0.717, 1.165) is 31.8 Å². The summed E-state index contributed by atoms with van der Waals surface area (Å²) in [7, 11) is 0. The Morgan fingerprint density at radius 2 is 2.42 bits per heavy atom. The summed E-state index contributed by atoms with van der Waals surface area (Å²) in [6.07, 6.45) is 4.22. The molecule has 0 radical (unpaired) electrons. The summed E-state index contributed by atoms with van der Waals surface area (Å²) < 4.78 is 0. The zero-order chi connectivity index (χ0) is 8.81. The first kappa shape index (κ1) is 9.26. The highest BCUT2D eigenvalue weighted by molar-refractivity contribution is 4.99. The van der Waals surface area contributed by atoms with Crippen LogP contribution in [-0.4, -0.2) is 23.1 Å². The molecule has 2 N–H and O–H groups in total. The van der Waals surface area contributed by atoms with Crippen molar-refractivity contribution in [1.29, 1.82) is 0 Å². The van der Waals surface area contributed by atoms with Gasteiger partial charge in [0.05, 0.1) is 5.69 Å². The molecule has 1 heterocycles. The fourth-order valence-electron chi connectivity index (χ4n) is 1.17. The maximum Gasteiger partial charge on any atom is 0.103 e. The molecule has 0 unspecified atom stereocenters. The number of nitrogens with one attached hydrogen (secondary N) is 2. The van der Waals surface area contributed by atoms with E-state index >= 15 is 0 Å². The van der Waals surface area contributed by atoms with Crippen LogP contribution in [0.3, 0.4) is 0 Å². The van der Waals surface area contributed by atoms with E-state index in [4.69, 9.17) is 0 Å². The predicted molar refractivity (Wildman–Crippen MR) is 50.2 cm³/mol. The van der Waals surface area contributed by atoms with Gasteiger partial charge in [-0.2, -0.15) is 0 Å². The number of imidazole rings is 1. The SMILES string of the molecule is CCNCCCc1c[nH]c(C)n1. The van der Waals surface area contributed by atoms with Crippen molar-refractivity contribution in [2.75, 3.05) is 13.1 Å². The molecule has 0 spiro atoms. The molecular formula is C9H17N3. The lowest BCUT2D eigenvalue weighted by molar-refractivity contribution is 0.668. The van der Waals surface area contributed by atoms with E-state index < -0.39 is 0 Å². The Balaban J connectivity index is 2.15. The van der Waals surface area contributed by atoms with E-state index in [0.29, 0.717) is 0 Å². The summed E-state index contributed by atoms with van der Waals surface area (Å²) in [6, 6.07) is 0. The molecule has 0 atom stereocenters. The third-order valence-corrected chi connectivity index (χ3v) is 1.80. The van der Waals surface area contributed by atoms with Crippen molar-refractivity contribution in [3.8, 4) is 0 Å². The van der Waals surface area contributed by atoms with Gasteiger partial charge in [0.15, 0.2) is 0 Å². The highest BCUT2D eigenvalue weighted by atomic mass is 14.9. The smallest absolute Gasteiger partial charge is 0.103 e. The maximum atomic E-state index is 4.32. The first-order chi connectivity index (χ1) is 5.83. The molecule has 0 aliphatic heterocycles. The Hall–Kier alpha value is -0.830. The number of nitrogens with zero attached hydrogens (tertiary/aromatic N) is 1. The van der Waals surface area contributed by atoms with E-state index in [1.54, 1.807) is 0 Å². The Kier molecular flexibility index (Phi) is 3.80. The van der Waals surface area contributed by atoms with Gasteiger partial charge in [0.1, 0.15) is 5.82 Å². The van der Waals surface area contributed by atoms with Gasteiger partial charge in [-0.15, -0.1) is 0 Å². The Labute approximate surface area is 73.6 Å². The molecule has 1 aromatic heterocycles. The minimum atomic E-state index is 1.01. The summed E-state index contributed by atoms with van der Waals surface area (Å²) >= 11 is 0. The molecule has 0 aromatic carbocycles. The second-order valence-electron chi connectivity index (χ2n) is 2.93. The van der Waals surface area contributed by atoms with Crippen LogP contribution in [0, 0.1) is 6.92 Å². The number of aromatic amines is 1. The largest absolute Gasteiger partial charge is 0.349 e. The van der Waals surface area contributed by atoms with Gasteiger partial charge in [-0.25, -0.2) is 4.98 Å². The average molecular weight is 167 g/mol. The zero-order valence-corrected chi connectivity index (χ0v) is 7.85. The van der Waals surface area contributed by atoms with Crippen molar-refractivity contribution >= 4 is 0 Å². The number of hydrogen-bond acceptors (Lipinski definition) is 2. The maximum absolute atomic E-state index is 4.32. The van der Waals surface area contributed by atoms with E-state index in [-0.39, 0.29) is 0 Å². The second-order valence-corrected chi connectivity index (χ2v) is 2.93. The van der Waals surface area contributed by atoms with E-state index in [2.05, 4.69) is 22.2 Å². The number of aromatic nitrogens is 2. The van der Waals surface area contributed by atoms with Gasteiger partial charge in [-0.05, 0) is 32.9 Å². The summed E-state index contributed by atoms with van der Waals surface area (Å²) in [5.41, 5.74) is 1.17. The number of aryl methyl sites for hydroxylation is 2. The standard InChI is InChI=1S/C9H17N3/c1-3-10-6-4-5-9-7-11-8(2)12-9/h7,10H,3-6H2,1-2H3,(H,11,12). The Morgan fingerprint density at radius 3 is 3.00 bits per heavy atom. The van der Waals surface area contributed by atoms with Gasteiger partial charge in [0.2, 0.25) is 0 Å². The van der Waals surface area contributed by atoms with Crippen LogP contribution in [0.5, 0.6) is 0 Å². The molecule has 1 rings (SSSR count). The molecule has 1 aromatic rings. The van der Waals surface area contributed by atoms with Crippen molar-refractivity contribution in [3.05, 3.63) is 17.7 Å². The monoisotopic (exact) mass is 167 g/mol. The van der Waals surface area contributed by atoms with Gasteiger partial charge in [-0.3, -0.25) is 0 Å². The van der Waals surface area contributed by atoms with Crippen molar-refractivity contribution in [2.45, 2.75) is 26.7 Å². The summed E-state index contributed by atoms with van der Waals surface area (Å²) in [5.74, 6) is 1.01. The van der Waals surface area contributed by atoms with Gasteiger partial charge in [-0.1, -0.05) is 6.92 Å². The molecule has 0 saturated heterocycles. The lowest BCUT2D eigenvalue weighted by Crippen LogP contribution is -2.14. The van der Waals surface area contributed by atoms with E-state index in [1.165, 1.54) is 5.69 Å². The number of rotatable bonds is 5. The predicted octanol–water partition coefficient (Wildman–Crippen LogP) is 1.26. The lowest BCUT2D eigenvalue weighted by atomic mass is 10.2. The topological polar surface area (TPSA) is 40.7 Å². The number of H-pyrrole nitrogens is 1. The van der Waals surface area contributed by atoms with Crippen molar-refractivity contribution < 1.29 is 0 Å². The van der Waals surface area contributed by atoms with Crippen LogP contribution in [0.4, 0.5) is 0 Å². The lowest BCUT2D eigenvalue weighted by Gasteiger charge is -1.98. The first-order valence-corrected chi connectivity index (χ1v) is 4.54. The van der Waals surface area contributed by atoms with Crippen molar-refractivity contribution in [3.63, 3.8) is 0 Å². The fraction of sp³-hybridized carbons (Fsp3) is 0.667. The highest BCUT2D eigenvalue weighted by Gasteiger charge is 1.95. The van der Waals surface area contributed by atoms with Crippen LogP contribution in [0.1, 0.15) is 24.9 Å². The number of hydrogen-bond donors (Lipinski definition) is 2. The third kappa shape index (κ3) is 3.05. The third-order valence-electron chi connectivity index (χ3n) is 1.80. The second kappa shape index (κ2) is 4.93. The molecule has 12 heavy (non-hydrogen) atoms. The summed E-state index contributed by atoms with van der Waals surface area (Å²) in [5, 5.41) is 3.29. The minimum absolute atomic E-state index is 1.01. The van der Waals surface area contributed by atoms with Crippen LogP contribution in [0.25, 0.3) is 0 Å². The summed E-state index contributed by atoms with van der Waals surface area (Å²) in [6.45, 7) is 6.24. The molecule has 0 fully saturated rings. The molecule has 3 heteroatoms. The van der Waals surface area contributed by atoms with Gasteiger partial charge in [0.25, 0.3) is 0 Å². The van der Waals surface area contributed by atoms with Crippen LogP contribution in [-0.2, 0) is 6.42 Å². The highest BCUT2D eigenvalue weighted by Crippen LogP contribution is 1.98. The van der Waals surface area contributed by atoms with Gasteiger partial charge in [0, 0.05) is 6.20 Å². The first-order valence-electron chi connectivity index (χ1n) is 4.54. The summed E-state index contributed by atoms with van der Waals surface area (Å²) in [4.78, 5) is 7.40. The van der Waals surface area contributed by atoms with Crippen LogP contribution >= 0.6 is 0 Å². The Bertz CT molecular complexity index is 217. The normalized spacial score (nSPS) is 10.5.